The molecule has 0 unspecified atom stereocenters. The highest BCUT2D eigenvalue weighted by Gasteiger charge is 2.18. The second kappa shape index (κ2) is 7.04. The minimum absolute atomic E-state index is 0.0806. The van der Waals surface area contributed by atoms with E-state index in [-0.39, 0.29) is 5.91 Å². The summed E-state index contributed by atoms with van der Waals surface area (Å²) in [4.78, 5) is 16.6. The Morgan fingerprint density at radius 3 is 2.42 bits per heavy atom. The van der Waals surface area contributed by atoms with Gasteiger partial charge in [-0.05, 0) is 56.9 Å². The molecule has 0 radical (unpaired) electrons. The van der Waals surface area contributed by atoms with Crippen LogP contribution in [0, 0.1) is 20.8 Å². The molecule has 1 saturated carbocycles. The Kier molecular flexibility index (Phi) is 4.84. The number of nitrogens with one attached hydrogen (secondary N) is 2. The number of carbonyl (C=O) groups excluding carboxylic acids is 1. The minimum atomic E-state index is -0.0806. The Labute approximate surface area is 143 Å². The molecule has 1 heterocycles. The zero-order chi connectivity index (χ0) is 17.1. The Bertz CT molecular complexity index is 725. The third-order valence-corrected chi connectivity index (χ3v) is 4.63. The molecule has 0 atom stereocenters. The zero-order valence-electron chi connectivity index (χ0n) is 14.6. The van der Waals surface area contributed by atoms with Gasteiger partial charge in [-0.1, -0.05) is 30.5 Å². The van der Waals surface area contributed by atoms with Gasteiger partial charge >= 0.3 is 0 Å². The lowest BCUT2D eigenvalue weighted by Gasteiger charge is -2.15. The van der Waals surface area contributed by atoms with E-state index in [1.165, 1.54) is 29.5 Å². The fourth-order valence-electron chi connectivity index (χ4n) is 3.48. The number of aromatic nitrogens is 1. The lowest BCUT2D eigenvalue weighted by atomic mass is 10.0. The summed E-state index contributed by atoms with van der Waals surface area (Å²) in [5, 5.41) is 6.52. The number of carbonyl (C=O) groups is 1. The maximum absolute atomic E-state index is 12.4. The van der Waals surface area contributed by atoms with Crippen LogP contribution in [0.3, 0.4) is 0 Å². The SMILES string of the molecule is Cc1cc(C)c(Nc2ccnc(C(=O)NC3CCCC3)c2)c(C)c1. The molecule has 1 aromatic heterocycles. The van der Waals surface area contributed by atoms with Crippen molar-refractivity contribution in [2.45, 2.75) is 52.5 Å². The van der Waals surface area contributed by atoms with E-state index in [9.17, 15) is 4.79 Å². The number of rotatable bonds is 4. The van der Waals surface area contributed by atoms with Crippen molar-refractivity contribution in [3.05, 3.63) is 52.8 Å². The van der Waals surface area contributed by atoms with E-state index in [2.05, 4.69) is 48.5 Å². The number of hydrogen-bond acceptors (Lipinski definition) is 3. The molecule has 3 rings (SSSR count). The smallest absolute Gasteiger partial charge is 0.270 e. The summed E-state index contributed by atoms with van der Waals surface area (Å²) < 4.78 is 0. The number of pyridine rings is 1. The molecule has 2 aromatic rings. The molecule has 0 saturated heterocycles. The average Bonchev–Trinajstić information content (AvgIpc) is 3.04. The number of benzene rings is 1. The molecule has 1 amide bonds. The Morgan fingerprint density at radius 2 is 1.75 bits per heavy atom. The molecule has 1 aliphatic carbocycles. The lowest BCUT2D eigenvalue weighted by Crippen LogP contribution is -2.33. The van der Waals surface area contributed by atoms with Crippen molar-refractivity contribution in [3.8, 4) is 0 Å². The van der Waals surface area contributed by atoms with Crippen LogP contribution in [0.25, 0.3) is 0 Å². The Balaban J connectivity index is 1.77. The van der Waals surface area contributed by atoms with Crippen molar-refractivity contribution < 1.29 is 4.79 Å². The highest BCUT2D eigenvalue weighted by Crippen LogP contribution is 2.26. The summed E-state index contributed by atoms with van der Waals surface area (Å²) in [5.74, 6) is -0.0806. The summed E-state index contributed by atoms with van der Waals surface area (Å²) >= 11 is 0. The van der Waals surface area contributed by atoms with E-state index < -0.39 is 0 Å². The van der Waals surface area contributed by atoms with Crippen LogP contribution in [0.15, 0.2) is 30.5 Å². The number of nitrogens with zero attached hydrogens (tertiary/aromatic N) is 1. The van der Waals surface area contributed by atoms with Crippen LogP contribution in [0.5, 0.6) is 0 Å². The number of hydrogen-bond donors (Lipinski definition) is 2. The molecule has 4 nitrogen and oxygen atoms in total. The summed E-state index contributed by atoms with van der Waals surface area (Å²) in [5.41, 5.74) is 6.09. The van der Waals surface area contributed by atoms with Crippen LogP contribution >= 0.6 is 0 Å². The fraction of sp³-hybridized carbons (Fsp3) is 0.400. The van der Waals surface area contributed by atoms with E-state index in [1.807, 2.05) is 12.1 Å². The quantitative estimate of drug-likeness (QED) is 0.875. The van der Waals surface area contributed by atoms with Crippen LogP contribution in [-0.4, -0.2) is 16.9 Å². The first kappa shape index (κ1) is 16.5. The number of aryl methyl sites for hydroxylation is 3. The van der Waals surface area contributed by atoms with E-state index in [0.29, 0.717) is 11.7 Å². The van der Waals surface area contributed by atoms with E-state index in [0.717, 1.165) is 24.2 Å². The molecule has 0 aliphatic heterocycles. The molecule has 0 bridgehead atoms. The third kappa shape index (κ3) is 3.75. The van der Waals surface area contributed by atoms with E-state index in [1.54, 1.807) is 6.20 Å². The molecule has 126 valence electrons. The number of amides is 1. The van der Waals surface area contributed by atoms with Crippen molar-refractivity contribution in [1.29, 1.82) is 0 Å². The predicted molar refractivity (Wildman–Crippen MR) is 97.9 cm³/mol. The van der Waals surface area contributed by atoms with Crippen LogP contribution in [0.4, 0.5) is 11.4 Å². The van der Waals surface area contributed by atoms with Crippen LogP contribution in [0.2, 0.25) is 0 Å². The van der Waals surface area contributed by atoms with Crippen LogP contribution in [0.1, 0.15) is 52.9 Å². The Morgan fingerprint density at radius 1 is 1.08 bits per heavy atom. The molecule has 1 fully saturated rings. The molecule has 1 aliphatic rings. The molecule has 24 heavy (non-hydrogen) atoms. The van der Waals surface area contributed by atoms with Crippen molar-refractivity contribution in [2.75, 3.05) is 5.32 Å². The largest absolute Gasteiger partial charge is 0.355 e. The van der Waals surface area contributed by atoms with Crippen molar-refractivity contribution in [1.82, 2.24) is 10.3 Å². The summed E-state index contributed by atoms with van der Waals surface area (Å²) in [6, 6.07) is 8.33. The first-order valence-electron chi connectivity index (χ1n) is 8.65. The van der Waals surface area contributed by atoms with Crippen molar-refractivity contribution in [3.63, 3.8) is 0 Å². The maximum Gasteiger partial charge on any atom is 0.270 e. The van der Waals surface area contributed by atoms with E-state index >= 15 is 0 Å². The third-order valence-electron chi connectivity index (χ3n) is 4.63. The molecular weight excluding hydrogens is 298 g/mol. The van der Waals surface area contributed by atoms with Gasteiger partial charge in [0.05, 0.1) is 0 Å². The van der Waals surface area contributed by atoms with Gasteiger partial charge in [0.25, 0.3) is 5.91 Å². The fourth-order valence-corrected chi connectivity index (χ4v) is 3.48. The molecule has 1 aromatic carbocycles. The first-order valence-corrected chi connectivity index (χ1v) is 8.65. The highest BCUT2D eigenvalue weighted by atomic mass is 16.1. The van der Waals surface area contributed by atoms with Crippen LogP contribution < -0.4 is 10.6 Å². The molecule has 0 spiro atoms. The monoisotopic (exact) mass is 323 g/mol. The molecule has 4 heteroatoms. The normalized spacial score (nSPS) is 14.6. The van der Waals surface area contributed by atoms with Crippen molar-refractivity contribution >= 4 is 17.3 Å². The van der Waals surface area contributed by atoms with Gasteiger partial charge in [0, 0.05) is 23.6 Å². The summed E-state index contributed by atoms with van der Waals surface area (Å²) in [6.45, 7) is 6.29. The molecule has 2 N–H and O–H groups in total. The second-order valence-electron chi connectivity index (χ2n) is 6.78. The number of anilines is 2. The van der Waals surface area contributed by atoms with Gasteiger partial charge in [-0.15, -0.1) is 0 Å². The zero-order valence-corrected chi connectivity index (χ0v) is 14.6. The van der Waals surface area contributed by atoms with Gasteiger partial charge in [-0.2, -0.15) is 0 Å². The maximum atomic E-state index is 12.4. The summed E-state index contributed by atoms with van der Waals surface area (Å²) in [6.07, 6.45) is 6.24. The van der Waals surface area contributed by atoms with Crippen molar-refractivity contribution in [2.24, 2.45) is 0 Å². The topological polar surface area (TPSA) is 54.0 Å². The van der Waals surface area contributed by atoms with E-state index in [4.69, 9.17) is 0 Å². The Hall–Kier alpha value is -2.36. The molecular formula is C20H25N3O. The van der Waals surface area contributed by atoms with Gasteiger partial charge in [0.1, 0.15) is 5.69 Å². The summed E-state index contributed by atoms with van der Waals surface area (Å²) in [7, 11) is 0. The van der Waals surface area contributed by atoms with Crippen LogP contribution in [-0.2, 0) is 0 Å². The minimum Gasteiger partial charge on any atom is -0.355 e. The average molecular weight is 323 g/mol. The van der Waals surface area contributed by atoms with Gasteiger partial charge in [0.2, 0.25) is 0 Å². The van der Waals surface area contributed by atoms with Gasteiger partial charge in [0.15, 0.2) is 0 Å². The highest BCUT2D eigenvalue weighted by molar-refractivity contribution is 5.93. The van der Waals surface area contributed by atoms with Gasteiger partial charge < -0.3 is 10.6 Å². The second-order valence-corrected chi connectivity index (χ2v) is 6.78. The predicted octanol–water partition coefficient (Wildman–Crippen LogP) is 4.42. The van der Waals surface area contributed by atoms with Gasteiger partial charge in [-0.3, -0.25) is 9.78 Å². The first-order chi connectivity index (χ1) is 11.5. The standard InChI is InChI=1S/C20H25N3O/c1-13-10-14(2)19(15(3)11-13)22-17-8-9-21-18(12-17)20(24)23-16-6-4-5-7-16/h8-12,16H,4-7H2,1-3H3,(H,21,22)(H,23,24). The lowest BCUT2D eigenvalue weighted by molar-refractivity contribution is 0.0933. The van der Waals surface area contributed by atoms with Gasteiger partial charge in [-0.25, -0.2) is 0 Å².